The van der Waals surface area contributed by atoms with Crippen LogP contribution in [0.25, 0.3) is 10.9 Å². The molecule has 118 valence electrons. The first-order chi connectivity index (χ1) is 10.2. The zero-order valence-corrected chi connectivity index (χ0v) is 15.7. The maximum Gasteiger partial charge on any atom is 0.253 e. The lowest BCUT2D eigenvalue weighted by Gasteiger charge is -2.23. The molecule has 0 spiro atoms. The molecule has 3 rings (SSSR count). The Morgan fingerprint density at radius 2 is 2.00 bits per heavy atom. The molecule has 2 N–H and O–H groups in total. The van der Waals surface area contributed by atoms with Crippen molar-refractivity contribution in [2.75, 3.05) is 11.5 Å². The lowest BCUT2D eigenvalue weighted by Crippen LogP contribution is -2.46. The first-order valence-electron chi connectivity index (χ1n) is 6.68. The fraction of sp³-hybridized carbons (Fsp3) is 0.357. The van der Waals surface area contributed by atoms with Crippen LogP contribution in [0.3, 0.4) is 0 Å². The molecule has 0 radical (unpaired) electrons. The third-order valence-electron chi connectivity index (χ3n) is 3.89. The minimum absolute atomic E-state index is 0.0106. The Balaban J connectivity index is 1.92. The first-order valence-corrected chi connectivity index (χ1v) is 10.1. The number of amides is 1. The van der Waals surface area contributed by atoms with Crippen LogP contribution in [0.15, 0.2) is 27.3 Å². The summed E-state index contributed by atoms with van der Waals surface area (Å²) in [5, 5.41) is 3.66. The standard InChI is InChI=1S/C14H14Br2N2O3S/c1-14(2-3-22(20,21)7-14)18-13(19)9-6-17-12-5-11(16)10(15)4-8(9)12/h4-6,17H,2-3,7H2,1H3,(H,18,19). The highest BCUT2D eigenvalue weighted by atomic mass is 79.9. The van der Waals surface area contributed by atoms with E-state index in [1.54, 1.807) is 13.1 Å². The molecule has 1 saturated heterocycles. The molecule has 1 aromatic carbocycles. The molecule has 2 aromatic rings. The third-order valence-corrected chi connectivity index (χ3v) is 7.63. The number of aromatic amines is 1. The number of sulfone groups is 1. The Hall–Kier alpha value is -0.860. The molecular weight excluding hydrogens is 436 g/mol. The average molecular weight is 450 g/mol. The molecule has 2 heterocycles. The predicted octanol–water partition coefficient (Wildman–Crippen LogP) is 3.00. The van der Waals surface area contributed by atoms with Gasteiger partial charge in [0.25, 0.3) is 5.91 Å². The van der Waals surface area contributed by atoms with Crippen LogP contribution in [0.1, 0.15) is 23.7 Å². The van der Waals surface area contributed by atoms with Crippen LogP contribution >= 0.6 is 31.9 Å². The number of nitrogens with one attached hydrogen (secondary N) is 2. The van der Waals surface area contributed by atoms with E-state index in [1.807, 2.05) is 12.1 Å². The Morgan fingerprint density at radius 1 is 1.32 bits per heavy atom. The van der Waals surface area contributed by atoms with Crippen LogP contribution in [0.2, 0.25) is 0 Å². The van der Waals surface area contributed by atoms with Gasteiger partial charge in [-0.15, -0.1) is 0 Å². The van der Waals surface area contributed by atoms with Gasteiger partial charge in [-0.25, -0.2) is 8.42 Å². The largest absolute Gasteiger partial charge is 0.360 e. The highest BCUT2D eigenvalue weighted by Crippen LogP contribution is 2.30. The fourth-order valence-electron chi connectivity index (χ4n) is 2.76. The number of fused-ring (bicyclic) bond motifs is 1. The van der Waals surface area contributed by atoms with E-state index >= 15 is 0 Å². The predicted molar refractivity (Wildman–Crippen MR) is 92.8 cm³/mol. The van der Waals surface area contributed by atoms with Gasteiger partial charge >= 0.3 is 0 Å². The highest BCUT2D eigenvalue weighted by molar-refractivity contribution is 9.13. The zero-order valence-electron chi connectivity index (χ0n) is 11.7. The second-order valence-electron chi connectivity index (χ2n) is 5.87. The topological polar surface area (TPSA) is 79.0 Å². The molecule has 1 unspecified atom stereocenters. The number of hydrogen-bond donors (Lipinski definition) is 2. The van der Waals surface area contributed by atoms with Crippen LogP contribution < -0.4 is 5.32 Å². The van der Waals surface area contributed by atoms with Crippen molar-refractivity contribution in [3.05, 3.63) is 32.8 Å². The Labute approximate surface area is 145 Å². The van der Waals surface area contributed by atoms with E-state index in [-0.39, 0.29) is 17.4 Å². The monoisotopic (exact) mass is 448 g/mol. The maximum absolute atomic E-state index is 12.5. The molecule has 8 heteroatoms. The molecule has 1 fully saturated rings. The van der Waals surface area contributed by atoms with Gasteiger partial charge in [0.15, 0.2) is 9.84 Å². The van der Waals surface area contributed by atoms with E-state index in [9.17, 15) is 13.2 Å². The van der Waals surface area contributed by atoms with Crippen molar-refractivity contribution in [3.8, 4) is 0 Å². The molecule has 0 bridgehead atoms. The van der Waals surface area contributed by atoms with Crippen LogP contribution in [-0.2, 0) is 9.84 Å². The van der Waals surface area contributed by atoms with Crippen molar-refractivity contribution in [1.29, 1.82) is 0 Å². The molecule has 1 aromatic heterocycles. The molecule has 22 heavy (non-hydrogen) atoms. The van der Waals surface area contributed by atoms with Crippen LogP contribution in [0.5, 0.6) is 0 Å². The van der Waals surface area contributed by atoms with Crippen molar-refractivity contribution >= 4 is 58.5 Å². The van der Waals surface area contributed by atoms with Crippen LogP contribution in [0.4, 0.5) is 0 Å². The summed E-state index contributed by atoms with van der Waals surface area (Å²) >= 11 is 6.85. The number of benzene rings is 1. The number of carbonyl (C=O) groups is 1. The van der Waals surface area contributed by atoms with Crippen molar-refractivity contribution in [2.24, 2.45) is 0 Å². The molecule has 0 saturated carbocycles. The molecule has 1 aliphatic rings. The second-order valence-corrected chi connectivity index (χ2v) is 9.76. The summed E-state index contributed by atoms with van der Waals surface area (Å²) in [7, 11) is -3.06. The van der Waals surface area contributed by atoms with E-state index in [2.05, 4.69) is 42.2 Å². The summed E-state index contributed by atoms with van der Waals surface area (Å²) in [4.78, 5) is 15.6. The fourth-order valence-corrected chi connectivity index (χ4v) is 5.53. The van der Waals surface area contributed by atoms with Gasteiger partial charge in [0, 0.05) is 26.0 Å². The smallest absolute Gasteiger partial charge is 0.253 e. The first kappa shape index (κ1) is 16.0. The summed E-state index contributed by atoms with van der Waals surface area (Å²) in [5.74, 6) is -0.153. The number of halogens is 2. The van der Waals surface area contributed by atoms with Gasteiger partial charge in [-0.3, -0.25) is 4.79 Å². The van der Waals surface area contributed by atoms with E-state index < -0.39 is 15.4 Å². The van der Waals surface area contributed by atoms with Crippen molar-refractivity contribution < 1.29 is 13.2 Å². The minimum Gasteiger partial charge on any atom is -0.360 e. The van der Waals surface area contributed by atoms with Gasteiger partial charge in [-0.05, 0) is 57.3 Å². The van der Waals surface area contributed by atoms with Gasteiger partial charge in [-0.1, -0.05) is 0 Å². The minimum atomic E-state index is -3.06. The normalized spacial score (nSPS) is 23.8. The Bertz CT molecular complexity index is 876. The lowest BCUT2D eigenvalue weighted by molar-refractivity contribution is 0.0917. The summed E-state index contributed by atoms with van der Waals surface area (Å²) in [6, 6.07) is 3.75. The summed E-state index contributed by atoms with van der Waals surface area (Å²) in [5.41, 5.74) is 0.643. The van der Waals surface area contributed by atoms with Crippen molar-refractivity contribution in [3.63, 3.8) is 0 Å². The van der Waals surface area contributed by atoms with E-state index in [0.717, 1.165) is 19.8 Å². The highest BCUT2D eigenvalue weighted by Gasteiger charge is 2.39. The molecule has 1 atom stereocenters. The zero-order chi connectivity index (χ0) is 16.1. The molecular formula is C14H14Br2N2O3S. The lowest BCUT2D eigenvalue weighted by atomic mass is 10.0. The maximum atomic E-state index is 12.5. The van der Waals surface area contributed by atoms with E-state index in [0.29, 0.717) is 12.0 Å². The van der Waals surface area contributed by atoms with Crippen LogP contribution in [-0.4, -0.2) is 36.4 Å². The average Bonchev–Trinajstić information content (AvgIpc) is 2.91. The SMILES string of the molecule is CC1(NC(=O)c2c[nH]c3cc(Br)c(Br)cc23)CCS(=O)(=O)C1. The Morgan fingerprint density at radius 3 is 2.64 bits per heavy atom. The molecule has 5 nitrogen and oxygen atoms in total. The molecule has 0 aliphatic carbocycles. The summed E-state index contributed by atoms with van der Waals surface area (Å²) < 4.78 is 25.0. The summed E-state index contributed by atoms with van der Waals surface area (Å²) in [6.45, 7) is 1.77. The van der Waals surface area contributed by atoms with E-state index in [1.165, 1.54) is 0 Å². The van der Waals surface area contributed by atoms with Gasteiger partial charge < -0.3 is 10.3 Å². The van der Waals surface area contributed by atoms with Gasteiger partial charge in [0.05, 0.1) is 22.6 Å². The summed E-state index contributed by atoms with van der Waals surface area (Å²) in [6.07, 6.45) is 2.09. The van der Waals surface area contributed by atoms with E-state index in [4.69, 9.17) is 0 Å². The third kappa shape index (κ3) is 2.96. The van der Waals surface area contributed by atoms with Crippen molar-refractivity contribution in [2.45, 2.75) is 18.9 Å². The number of H-pyrrole nitrogens is 1. The number of aromatic nitrogens is 1. The number of rotatable bonds is 2. The van der Waals surface area contributed by atoms with Crippen LogP contribution in [0, 0.1) is 0 Å². The van der Waals surface area contributed by atoms with Gasteiger partial charge in [-0.2, -0.15) is 0 Å². The molecule has 1 amide bonds. The molecule has 1 aliphatic heterocycles. The van der Waals surface area contributed by atoms with Crippen molar-refractivity contribution in [1.82, 2.24) is 10.3 Å². The Kier molecular flexibility index (Phi) is 3.89. The van der Waals surface area contributed by atoms with Gasteiger partial charge in [0.2, 0.25) is 0 Å². The quantitative estimate of drug-likeness (QED) is 0.739. The second kappa shape index (κ2) is 5.35. The number of carbonyl (C=O) groups excluding carboxylic acids is 1. The number of hydrogen-bond acceptors (Lipinski definition) is 3. The van der Waals surface area contributed by atoms with Gasteiger partial charge in [0.1, 0.15) is 0 Å².